The number of nitrogens with one attached hydrogen (secondary N) is 1. The second-order valence-electron chi connectivity index (χ2n) is 5.82. The maximum absolute atomic E-state index is 11.9. The maximum Gasteiger partial charge on any atom is 0.227 e. The number of aryl methyl sites for hydroxylation is 1. The minimum atomic E-state index is 0.203. The van der Waals surface area contributed by atoms with E-state index >= 15 is 0 Å². The monoisotopic (exact) mass is 307 g/mol. The molecule has 0 bridgehead atoms. The fraction of sp³-hybridized carbons (Fsp3) is 0.263. The van der Waals surface area contributed by atoms with Crippen molar-refractivity contribution >= 4 is 23.0 Å². The van der Waals surface area contributed by atoms with Gasteiger partial charge in [-0.05, 0) is 49.6 Å². The van der Waals surface area contributed by atoms with Gasteiger partial charge in [0.15, 0.2) is 0 Å². The van der Waals surface area contributed by atoms with Gasteiger partial charge in [0.25, 0.3) is 0 Å². The van der Waals surface area contributed by atoms with Crippen LogP contribution >= 0.6 is 0 Å². The van der Waals surface area contributed by atoms with Crippen LogP contribution in [0.15, 0.2) is 53.6 Å². The highest BCUT2D eigenvalue weighted by molar-refractivity contribution is 6.01. The van der Waals surface area contributed by atoms with E-state index in [1.807, 2.05) is 67.3 Å². The van der Waals surface area contributed by atoms with E-state index in [1.165, 1.54) is 0 Å². The first-order valence-corrected chi connectivity index (χ1v) is 7.92. The number of nitrogens with zero attached hydrogens (tertiary/aromatic N) is 2. The van der Waals surface area contributed by atoms with Crippen molar-refractivity contribution in [1.82, 2.24) is 0 Å². The van der Waals surface area contributed by atoms with Crippen molar-refractivity contribution in [3.05, 3.63) is 59.7 Å². The van der Waals surface area contributed by atoms with Crippen molar-refractivity contribution in [3.8, 4) is 0 Å². The zero-order valence-corrected chi connectivity index (χ0v) is 13.5. The number of rotatable bonds is 4. The number of para-hydroxylation sites is 1. The molecule has 1 saturated heterocycles. The molecule has 1 amide bonds. The minimum Gasteiger partial charge on any atom is -0.312 e. The fourth-order valence-corrected chi connectivity index (χ4v) is 2.73. The Balaban J connectivity index is 1.79. The van der Waals surface area contributed by atoms with Crippen molar-refractivity contribution in [3.63, 3.8) is 0 Å². The van der Waals surface area contributed by atoms with Crippen molar-refractivity contribution in [2.24, 2.45) is 5.10 Å². The Bertz CT molecular complexity index is 752. The fourth-order valence-electron chi connectivity index (χ4n) is 2.73. The Morgan fingerprint density at radius 1 is 1.17 bits per heavy atom. The van der Waals surface area contributed by atoms with E-state index in [-0.39, 0.29) is 5.91 Å². The Kier molecular flexibility index (Phi) is 4.42. The van der Waals surface area contributed by atoms with Crippen LogP contribution in [0.4, 0.5) is 11.4 Å². The molecule has 23 heavy (non-hydrogen) atoms. The number of hydrogen-bond donors (Lipinski definition) is 1. The smallest absolute Gasteiger partial charge is 0.227 e. The number of hydrogen-bond acceptors (Lipinski definition) is 3. The first-order valence-electron chi connectivity index (χ1n) is 7.92. The van der Waals surface area contributed by atoms with Crippen LogP contribution in [-0.2, 0) is 4.79 Å². The van der Waals surface area contributed by atoms with Crippen molar-refractivity contribution in [2.45, 2.75) is 26.7 Å². The lowest BCUT2D eigenvalue weighted by atomic mass is 10.1. The molecular weight excluding hydrogens is 286 g/mol. The summed E-state index contributed by atoms with van der Waals surface area (Å²) < 4.78 is 0. The Morgan fingerprint density at radius 3 is 2.74 bits per heavy atom. The second-order valence-corrected chi connectivity index (χ2v) is 5.82. The minimum absolute atomic E-state index is 0.203. The van der Waals surface area contributed by atoms with Gasteiger partial charge in [-0.25, -0.2) is 0 Å². The molecule has 2 aromatic rings. The molecule has 3 rings (SSSR count). The quantitative estimate of drug-likeness (QED) is 0.686. The molecular formula is C19H21N3O. The predicted octanol–water partition coefficient (Wildman–Crippen LogP) is 3.96. The van der Waals surface area contributed by atoms with E-state index in [4.69, 9.17) is 0 Å². The highest BCUT2D eigenvalue weighted by Gasteiger charge is 2.21. The van der Waals surface area contributed by atoms with Gasteiger partial charge in [-0.3, -0.25) is 10.2 Å². The Hall–Kier alpha value is -2.62. The lowest BCUT2D eigenvalue weighted by Crippen LogP contribution is -2.23. The highest BCUT2D eigenvalue weighted by Crippen LogP contribution is 2.22. The standard InChI is InChI=1S/C19H21N3O/c1-14-7-3-4-10-18(14)21-20-15(2)16-8-5-9-17(13-16)22-12-6-11-19(22)23/h3-5,7-10,13,21H,6,11-12H2,1-2H3/b20-15-. The van der Waals surface area contributed by atoms with Gasteiger partial charge in [0.05, 0.1) is 11.4 Å². The van der Waals surface area contributed by atoms with Crippen LogP contribution in [0.5, 0.6) is 0 Å². The van der Waals surface area contributed by atoms with Gasteiger partial charge in [-0.1, -0.05) is 30.3 Å². The normalized spacial score (nSPS) is 15.1. The topological polar surface area (TPSA) is 44.7 Å². The number of amides is 1. The third-order valence-electron chi connectivity index (χ3n) is 4.14. The van der Waals surface area contributed by atoms with E-state index in [0.717, 1.165) is 41.2 Å². The van der Waals surface area contributed by atoms with Crippen LogP contribution in [-0.4, -0.2) is 18.2 Å². The molecule has 1 aliphatic heterocycles. The molecule has 0 atom stereocenters. The van der Waals surface area contributed by atoms with Crippen molar-refractivity contribution in [1.29, 1.82) is 0 Å². The molecule has 0 radical (unpaired) electrons. The summed E-state index contributed by atoms with van der Waals surface area (Å²) in [5.74, 6) is 0.203. The molecule has 1 heterocycles. The van der Waals surface area contributed by atoms with E-state index in [2.05, 4.69) is 10.5 Å². The lowest BCUT2D eigenvalue weighted by molar-refractivity contribution is -0.117. The molecule has 1 fully saturated rings. The summed E-state index contributed by atoms with van der Waals surface area (Å²) in [6, 6.07) is 16.0. The van der Waals surface area contributed by atoms with E-state index in [0.29, 0.717) is 6.42 Å². The summed E-state index contributed by atoms with van der Waals surface area (Å²) in [5, 5.41) is 4.48. The number of carbonyl (C=O) groups is 1. The van der Waals surface area contributed by atoms with Gasteiger partial charge >= 0.3 is 0 Å². The summed E-state index contributed by atoms with van der Waals surface area (Å²) in [6.45, 7) is 4.82. The molecule has 118 valence electrons. The SMILES string of the molecule is C/C(=N/Nc1ccccc1C)c1cccc(N2CCCC2=O)c1. The van der Waals surface area contributed by atoms with Gasteiger partial charge in [0.1, 0.15) is 0 Å². The molecule has 0 saturated carbocycles. The number of anilines is 2. The van der Waals surface area contributed by atoms with Crippen LogP contribution in [0.25, 0.3) is 0 Å². The molecule has 1 N–H and O–H groups in total. The third-order valence-corrected chi connectivity index (χ3v) is 4.14. The number of carbonyl (C=O) groups excluding carboxylic acids is 1. The first kappa shape index (κ1) is 15.3. The van der Waals surface area contributed by atoms with Crippen LogP contribution in [0.3, 0.4) is 0 Å². The van der Waals surface area contributed by atoms with Gasteiger partial charge in [0.2, 0.25) is 5.91 Å². The summed E-state index contributed by atoms with van der Waals surface area (Å²) in [7, 11) is 0. The summed E-state index contributed by atoms with van der Waals surface area (Å²) >= 11 is 0. The van der Waals surface area contributed by atoms with Crippen molar-refractivity contribution < 1.29 is 4.79 Å². The van der Waals surface area contributed by atoms with Gasteiger partial charge in [0, 0.05) is 18.7 Å². The summed E-state index contributed by atoms with van der Waals surface area (Å²) in [5.41, 5.74) is 8.13. The molecule has 0 aliphatic carbocycles. The van der Waals surface area contributed by atoms with E-state index in [9.17, 15) is 4.79 Å². The highest BCUT2D eigenvalue weighted by atomic mass is 16.2. The summed E-state index contributed by atoms with van der Waals surface area (Å²) in [4.78, 5) is 13.7. The largest absolute Gasteiger partial charge is 0.312 e. The van der Waals surface area contributed by atoms with E-state index < -0.39 is 0 Å². The average molecular weight is 307 g/mol. The lowest BCUT2D eigenvalue weighted by Gasteiger charge is -2.16. The number of hydrazone groups is 1. The molecule has 0 aromatic heterocycles. The second kappa shape index (κ2) is 6.65. The predicted molar refractivity (Wildman–Crippen MR) is 95.0 cm³/mol. The molecule has 2 aromatic carbocycles. The molecule has 4 heteroatoms. The molecule has 0 spiro atoms. The van der Waals surface area contributed by atoms with Crippen molar-refractivity contribution in [2.75, 3.05) is 16.9 Å². The van der Waals surface area contributed by atoms with Crippen LogP contribution < -0.4 is 10.3 Å². The Morgan fingerprint density at radius 2 is 2.00 bits per heavy atom. The van der Waals surface area contributed by atoms with Gasteiger partial charge in [-0.2, -0.15) is 5.10 Å². The zero-order valence-electron chi connectivity index (χ0n) is 13.5. The van der Waals surface area contributed by atoms with Crippen LogP contribution in [0, 0.1) is 6.92 Å². The van der Waals surface area contributed by atoms with Gasteiger partial charge in [-0.15, -0.1) is 0 Å². The first-order chi connectivity index (χ1) is 11.1. The zero-order chi connectivity index (χ0) is 16.2. The molecule has 1 aliphatic rings. The third kappa shape index (κ3) is 3.42. The Labute approximate surface area is 136 Å². The number of benzene rings is 2. The molecule has 0 unspecified atom stereocenters. The maximum atomic E-state index is 11.9. The molecule has 4 nitrogen and oxygen atoms in total. The van der Waals surface area contributed by atoms with Crippen LogP contribution in [0.1, 0.15) is 30.9 Å². The van der Waals surface area contributed by atoms with Gasteiger partial charge < -0.3 is 4.90 Å². The van der Waals surface area contributed by atoms with E-state index in [1.54, 1.807) is 0 Å². The average Bonchev–Trinajstić information content (AvgIpc) is 3.00. The van der Waals surface area contributed by atoms with Crippen LogP contribution in [0.2, 0.25) is 0 Å². The summed E-state index contributed by atoms with van der Waals surface area (Å²) in [6.07, 6.45) is 1.58.